The summed E-state index contributed by atoms with van der Waals surface area (Å²) in [5.41, 5.74) is -0.161. The van der Waals surface area contributed by atoms with E-state index < -0.39 is 0 Å². The van der Waals surface area contributed by atoms with Crippen molar-refractivity contribution in [3.8, 4) is 0 Å². The number of methoxy groups -OCH3 is 1. The van der Waals surface area contributed by atoms with Crippen LogP contribution in [0.2, 0.25) is 0 Å². The van der Waals surface area contributed by atoms with E-state index in [1.54, 1.807) is 14.2 Å². The molecule has 108 valence electrons. The van der Waals surface area contributed by atoms with Gasteiger partial charge in [-0.2, -0.15) is 0 Å². The molecule has 0 radical (unpaired) electrons. The van der Waals surface area contributed by atoms with Crippen LogP contribution >= 0.6 is 24.0 Å². The Hall–Kier alpha value is -0.0400. The highest BCUT2D eigenvalue weighted by molar-refractivity contribution is 14.0. The number of nitrogens with zero attached hydrogens (tertiary/aromatic N) is 1. The van der Waals surface area contributed by atoms with Gasteiger partial charge in [-0.3, -0.25) is 4.99 Å². The van der Waals surface area contributed by atoms with Gasteiger partial charge in [0.25, 0.3) is 0 Å². The van der Waals surface area contributed by atoms with Crippen molar-refractivity contribution in [2.45, 2.75) is 45.1 Å². The monoisotopic (exact) mass is 369 g/mol. The number of hydrogen-bond acceptors (Lipinski definition) is 2. The summed E-state index contributed by atoms with van der Waals surface area (Å²) in [6.45, 7) is 5.87. The highest BCUT2D eigenvalue weighted by Crippen LogP contribution is 2.33. The van der Waals surface area contributed by atoms with Crippen molar-refractivity contribution in [3.63, 3.8) is 0 Å². The van der Waals surface area contributed by atoms with Gasteiger partial charge >= 0.3 is 0 Å². The van der Waals surface area contributed by atoms with Gasteiger partial charge in [0, 0.05) is 27.2 Å². The zero-order chi connectivity index (χ0) is 12.7. The maximum Gasteiger partial charge on any atom is 0.191 e. The molecule has 0 aliphatic heterocycles. The standard InChI is InChI=1S/C13H27N3O.HI/c1-13(2,17-4)10-16-12(14-3)15-9-5-6-11-7-8-11;/h11H,5-10H2,1-4H3,(H2,14,15,16);1H. The molecule has 1 aliphatic rings. The molecule has 0 amide bonds. The van der Waals surface area contributed by atoms with E-state index in [-0.39, 0.29) is 29.6 Å². The van der Waals surface area contributed by atoms with E-state index in [4.69, 9.17) is 4.74 Å². The quantitative estimate of drug-likeness (QED) is 0.314. The highest BCUT2D eigenvalue weighted by Gasteiger charge is 2.20. The van der Waals surface area contributed by atoms with Crippen LogP contribution in [0.1, 0.15) is 39.5 Å². The van der Waals surface area contributed by atoms with Crippen LogP contribution in [-0.2, 0) is 4.74 Å². The molecule has 0 saturated heterocycles. The minimum atomic E-state index is -0.161. The Kier molecular flexibility index (Phi) is 8.94. The number of nitrogens with one attached hydrogen (secondary N) is 2. The summed E-state index contributed by atoms with van der Waals surface area (Å²) >= 11 is 0. The number of guanidine groups is 1. The van der Waals surface area contributed by atoms with Crippen LogP contribution in [0.3, 0.4) is 0 Å². The molecule has 0 bridgehead atoms. The third-order valence-corrected chi connectivity index (χ3v) is 3.24. The molecule has 0 unspecified atom stereocenters. The molecule has 4 nitrogen and oxygen atoms in total. The second kappa shape index (κ2) is 8.96. The topological polar surface area (TPSA) is 45.7 Å². The molecule has 2 N–H and O–H groups in total. The minimum absolute atomic E-state index is 0. The number of hydrogen-bond donors (Lipinski definition) is 2. The van der Waals surface area contributed by atoms with Gasteiger partial charge in [0.15, 0.2) is 5.96 Å². The summed E-state index contributed by atoms with van der Waals surface area (Å²) in [7, 11) is 3.53. The smallest absolute Gasteiger partial charge is 0.191 e. The molecular weight excluding hydrogens is 341 g/mol. The molecular formula is C13H28IN3O. The Balaban J connectivity index is 0.00000289. The van der Waals surface area contributed by atoms with Gasteiger partial charge in [-0.15, -0.1) is 24.0 Å². The third-order valence-electron chi connectivity index (χ3n) is 3.24. The first-order valence-corrected chi connectivity index (χ1v) is 6.57. The molecule has 0 aromatic heterocycles. The van der Waals surface area contributed by atoms with E-state index >= 15 is 0 Å². The Morgan fingerprint density at radius 2 is 2.00 bits per heavy atom. The van der Waals surface area contributed by atoms with E-state index in [0.717, 1.165) is 25.0 Å². The van der Waals surface area contributed by atoms with E-state index in [1.807, 2.05) is 0 Å². The summed E-state index contributed by atoms with van der Waals surface area (Å²) in [6, 6.07) is 0. The van der Waals surface area contributed by atoms with E-state index in [2.05, 4.69) is 29.5 Å². The van der Waals surface area contributed by atoms with Crippen molar-refractivity contribution < 1.29 is 4.74 Å². The van der Waals surface area contributed by atoms with Crippen LogP contribution in [0, 0.1) is 5.92 Å². The maximum atomic E-state index is 5.35. The van der Waals surface area contributed by atoms with Gasteiger partial charge in [0.05, 0.1) is 5.60 Å². The number of rotatable bonds is 7. The van der Waals surface area contributed by atoms with Crippen LogP contribution < -0.4 is 10.6 Å². The predicted octanol–water partition coefficient (Wildman–Crippen LogP) is 2.38. The lowest BCUT2D eigenvalue weighted by Gasteiger charge is -2.24. The first kappa shape index (κ1) is 18.0. The van der Waals surface area contributed by atoms with Crippen LogP contribution in [0.5, 0.6) is 0 Å². The first-order chi connectivity index (χ1) is 8.07. The Bertz CT molecular complexity index is 253. The average molecular weight is 369 g/mol. The van der Waals surface area contributed by atoms with Crippen LogP contribution in [0.15, 0.2) is 4.99 Å². The largest absolute Gasteiger partial charge is 0.377 e. The van der Waals surface area contributed by atoms with Crippen molar-refractivity contribution in [3.05, 3.63) is 0 Å². The summed E-state index contributed by atoms with van der Waals surface area (Å²) in [5, 5.41) is 6.61. The lowest BCUT2D eigenvalue weighted by Crippen LogP contribution is -2.45. The molecule has 0 atom stereocenters. The zero-order valence-electron chi connectivity index (χ0n) is 12.1. The Labute approximate surface area is 128 Å². The fraction of sp³-hybridized carbons (Fsp3) is 0.923. The molecule has 1 rings (SSSR count). The summed E-state index contributed by atoms with van der Waals surface area (Å²) in [5.74, 6) is 1.88. The molecule has 0 aromatic rings. The second-order valence-electron chi connectivity index (χ2n) is 5.40. The fourth-order valence-corrected chi connectivity index (χ4v) is 1.59. The van der Waals surface area contributed by atoms with Crippen LogP contribution in [0.4, 0.5) is 0 Å². The average Bonchev–Trinajstić information content (AvgIpc) is 3.12. The zero-order valence-corrected chi connectivity index (χ0v) is 14.4. The van der Waals surface area contributed by atoms with E-state index in [9.17, 15) is 0 Å². The molecule has 0 aromatic carbocycles. The minimum Gasteiger partial charge on any atom is -0.377 e. The molecule has 5 heteroatoms. The number of ether oxygens (including phenoxy) is 1. The molecule has 1 aliphatic carbocycles. The normalized spacial score (nSPS) is 16.1. The van der Waals surface area contributed by atoms with Crippen molar-refractivity contribution in [2.24, 2.45) is 10.9 Å². The van der Waals surface area contributed by atoms with Crippen LogP contribution in [0.25, 0.3) is 0 Å². The SMILES string of the molecule is CN=C(NCCCC1CC1)NCC(C)(C)OC.I. The maximum absolute atomic E-state index is 5.35. The molecule has 18 heavy (non-hydrogen) atoms. The van der Waals surface area contributed by atoms with Gasteiger partial charge in [-0.05, 0) is 32.6 Å². The first-order valence-electron chi connectivity index (χ1n) is 6.57. The van der Waals surface area contributed by atoms with Gasteiger partial charge in [-0.25, -0.2) is 0 Å². The lowest BCUT2D eigenvalue weighted by atomic mass is 10.1. The van der Waals surface area contributed by atoms with Crippen molar-refractivity contribution in [2.75, 3.05) is 27.2 Å². The molecule has 1 fully saturated rings. The number of aliphatic imine (C=N–C) groups is 1. The summed E-state index contributed by atoms with van der Waals surface area (Å²) in [4.78, 5) is 4.20. The van der Waals surface area contributed by atoms with Gasteiger partial charge in [0.2, 0.25) is 0 Å². The van der Waals surface area contributed by atoms with Gasteiger partial charge in [0.1, 0.15) is 0 Å². The number of halogens is 1. The van der Waals surface area contributed by atoms with Crippen molar-refractivity contribution in [1.29, 1.82) is 0 Å². The third kappa shape index (κ3) is 8.13. The van der Waals surface area contributed by atoms with Gasteiger partial charge < -0.3 is 15.4 Å². The molecule has 1 saturated carbocycles. The van der Waals surface area contributed by atoms with Crippen LogP contribution in [-0.4, -0.2) is 38.8 Å². The molecule has 0 heterocycles. The fourth-order valence-electron chi connectivity index (χ4n) is 1.59. The second-order valence-corrected chi connectivity index (χ2v) is 5.40. The molecule has 0 spiro atoms. The summed E-state index contributed by atoms with van der Waals surface area (Å²) < 4.78 is 5.35. The highest BCUT2D eigenvalue weighted by atomic mass is 127. The lowest BCUT2D eigenvalue weighted by molar-refractivity contribution is 0.0268. The van der Waals surface area contributed by atoms with Crippen molar-refractivity contribution >= 4 is 29.9 Å². The van der Waals surface area contributed by atoms with Gasteiger partial charge in [-0.1, -0.05) is 12.8 Å². The predicted molar refractivity (Wildman–Crippen MR) is 87.8 cm³/mol. The van der Waals surface area contributed by atoms with E-state index in [0.29, 0.717) is 0 Å². The van der Waals surface area contributed by atoms with E-state index in [1.165, 1.54) is 25.7 Å². The Morgan fingerprint density at radius 3 is 2.50 bits per heavy atom. The van der Waals surface area contributed by atoms with Crippen molar-refractivity contribution in [1.82, 2.24) is 10.6 Å². The Morgan fingerprint density at radius 1 is 1.33 bits per heavy atom. The summed E-state index contributed by atoms with van der Waals surface area (Å²) in [6.07, 6.45) is 5.47.